The van der Waals surface area contributed by atoms with Gasteiger partial charge in [0.05, 0.1) is 18.0 Å². The molecule has 0 aliphatic rings. The van der Waals surface area contributed by atoms with Crippen molar-refractivity contribution in [3.63, 3.8) is 0 Å². The number of ether oxygens (including phenoxy) is 1. The van der Waals surface area contributed by atoms with Gasteiger partial charge in [-0.3, -0.25) is 19.1 Å². The Kier molecular flexibility index (Phi) is 5.53. The summed E-state index contributed by atoms with van der Waals surface area (Å²) in [5, 5.41) is 0. The summed E-state index contributed by atoms with van der Waals surface area (Å²) < 4.78 is 6.84. The zero-order valence-electron chi connectivity index (χ0n) is 14.6. The van der Waals surface area contributed by atoms with Gasteiger partial charge in [0.15, 0.2) is 0 Å². The number of rotatable bonds is 7. The van der Waals surface area contributed by atoms with Crippen LogP contribution < -0.4 is 5.56 Å². The fraction of sp³-hybridized carbons (Fsp3) is 0.316. The average molecular weight is 338 g/mol. The number of hydrogen-bond acceptors (Lipinski definition) is 5. The lowest BCUT2D eigenvalue weighted by molar-refractivity contribution is 0.138. The topological polar surface area (TPSA) is 59.7 Å². The second-order valence-corrected chi connectivity index (χ2v) is 5.97. The van der Waals surface area contributed by atoms with Gasteiger partial charge < -0.3 is 4.74 Å². The van der Waals surface area contributed by atoms with Gasteiger partial charge in [-0.1, -0.05) is 12.1 Å². The molecule has 130 valence electrons. The van der Waals surface area contributed by atoms with Crippen molar-refractivity contribution in [2.45, 2.75) is 20.0 Å². The predicted molar refractivity (Wildman–Crippen MR) is 96.4 cm³/mol. The Morgan fingerprint density at radius 2 is 1.96 bits per heavy atom. The minimum Gasteiger partial charge on any atom is -0.383 e. The van der Waals surface area contributed by atoms with Crippen LogP contribution in [0.15, 0.2) is 53.5 Å². The van der Waals surface area contributed by atoms with E-state index < -0.39 is 0 Å². The average Bonchev–Trinajstić information content (AvgIpc) is 2.60. The first-order chi connectivity index (χ1) is 12.2. The summed E-state index contributed by atoms with van der Waals surface area (Å²) in [6.07, 6.45) is 1.78. The first-order valence-electron chi connectivity index (χ1n) is 8.27. The van der Waals surface area contributed by atoms with E-state index in [1.54, 1.807) is 23.8 Å². The fourth-order valence-electron chi connectivity index (χ4n) is 2.83. The molecule has 3 rings (SSSR count). The number of nitrogens with zero attached hydrogens (tertiary/aromatic N) is 4. The SMILES string of the molecule is COCCN(Cc1ccccn1)Cc1cc(=O)n2c(C)cccc2n1. The molecule has 6 nitrogen and oxygen atoms in total. The van der Waals surface area contributed by atoms with Crippen LogP contribution in [0.25, 0.3) is 5.65 Å². The molecule has 25 heavy (non-hydrogen) atoms. The second kappa shape index (κ2) is 8.00. The van der Waals surface area contributed by atoms with Crippen LogP contribution in [-0.4, -0.2) is 39.5 Å². The monoisotopic (exact) mass is 338 g/mol. The number of pyridine rings is 2. The third-order valence-corrected chi connectivity index (χ3v) is 4.04. The van der Waals surface area contributed by atoms with Gasteiger partial charge in [0.2, 0.25) is 0 Å². The molecule has 0 aliphatic heterocycles. The van der Waals surface area contributed by atoms with Crippen LogP contribution >= 0.6 is 0 Å². The Labute approximate surface area is 146 Å². The molecule has 0 amide bonds. The van der Waals surface area contributed by atoms with Gasteiger partial charge in [-0.2, -0.15) is 0 Å². The summed E-state index contributed by atoms with van der Waals surface area (Å²) in [6.45, 7) is 4.50. The maximum Gasteiger partial charge on any atom is 0.258 e. The molecular formula is C19H22N4O2. The van der Waals surface area contributed by atoms with Gasteiger partial charge in [0.1, 0.15) is 5.65 Å². The van der Waals surface area contributed by atoms with Crippen molar-refractivity contribution in [3.05, 3.63) is 76.1 Å². The van der Waals surface area contributed by atoms with E-state index >= 15 is 0 Å². The number of fused-ring (bicyclic) bond motifs is 1. The number of methoxy groups -OCH3 is 1. The highest BCUT2D eigenvalue weighted by Gasteiger charge is 2.11. The van der Waals surface area contributed by atoms with Crippen molar-refractivity contribution in [2.75, 3.05) is 20.3 Å². The van der Waals surface area contributed by atoms with E-state index in [0.29, 0.717) is 25.3 Å². The second-order valence-electron chi connectivity index (χ2n) is 5.97. The van der Waals surface area contributed by atoms with E-state index in [9.17, 15) is 4.79 Å². The molecule has 0 aromatic carbocycles. The van der Waals surface area contributed by atoms with Crippen molar-refractivity contribution in [1.82, 2.24) is 19.3 Å². The standard InChI is InChI=1S/C19H22N4O2/c1-15-6-5-8-18-21-17(12-19(24)23(15)18)14-22(10-11-25-2)13-16-7-3-4-9-20-16/h3-9,12H,10-11,13-14H2,1-2H3. The molecule has 0 fully saturated rings. The zero-order valence-corrected chi connectivity index (χ0v) is 14.6. The fourth-order valence-corrected chi connectivity index (χ4v) is 2.83. The summed E-state index contributed by atoms with van der Waals surface area (Å²) in [5.74, 6) is 0. The minimum atomic E-state index is -0.0531. The smallest absolute Gasteiger partial charge is 0.258 e. The van der Waals surface area contributed by atoms with Gasteiger partial charge in [-0.05, 0) is 31.2 Å². The molecule has 6 heteroatoms. The van der Waals surface area contributed by atoms with E-state index in [1.165, 1.54) is 0 Å². The van der Waals surface area contributed by atoms with Gasteiger partial charge >= 0.3 is 0 Å². The largest absolute Gasteiger partial charge is 0.383 e. The van der Waals surface area contributed by atoms with Crippen LogP contribution in [0.3, 0.4) is 0 Å². The van der Waals surface area contributed by atoms with E-state index in [4.69, 9.17) is 4.74 Å². The molecule has 0 aliphatic carbocycles. The maximum atomic E-state index is 12.4. The molecule has 0 N–H and O–H groups in total. The molecule has 0 bridgehead atoms. The van der Waals surface area contributed by atoms with Crippen molar-refractivity contribution in [1.29, 1.82) is 0 Å². The molecule has 0 saturated carbocycles. The van der Waals surface area contributed by atoms with E-state index in [0.717, 1.165) is 23.6 Å². The summed E-state index contributed by atoms with van der Waals surface area (Å²) in [4.78, 5) is 23.6. The highest BCUT2D eigenvalue weighted by atomic mass is 16.5. The van der Waals surface area contributed by atoms with Crippen LogP contribution in [0.2, 0.25) is 0 Å². The van der Waals surface area contributed by atoms with Crippen LogP contribution in [0.1, 0.15) is 17.1 Å². The Morgan fingerprint density at radius 1 is 1.12 bits per heavy atom. The summed E-state index contributed by atoms with van der Waals surface area (Å²) in [7, 11) is 1.68. The Morgan fingerprint density at radius 3 is 2.72 bits per heavy atom. The molecule has 3 aromatic heterocycles. The van der Waals surface area contributed by atoms with Crippen LogP contribution in [0.5, 0.6) is 0 Å². The third kappa shape index (κ3) is 4.29. The van der Waals surface area contributed by atoms with Gasteiger partial charge in [0, 0.05) is 44.7 Å². The zero-order chi connectivity index (χ0) is 17.6. The molecular weight excluding hydrogens is 316 g/mol. The normalized spacial score (nSPS) is 11.3. The van der Waals surface area contributed by atoms with Crippen molar-refractivity contribution in [2.24, 2.45) is 0 Å². The molecule has 0 radical (unpaired) electrons. The van der Waals surface area contributed by atoms with Gasteiger partial charge in [-0.15, -0.1) is 0 Å². The Balaban J connectivity index is 1.86. The first kappa shape index (κ1) is 17.3. The molecule has 0 unspecified atom stereocenters. The third-order valence-electron chi connectivity index (χ3n) is 4.04. The predicted octanol–water partition coefficient (Wildman–Crippen LogP) is 2.05. The van der Waals surface area contributed by atoms with Crippen molar-refractivity contribution in [3.8, 4) is 0 Å². The maximum absolute atomic E-state index is 12.4. The van der Waals surface area contributed by atoms with Gasteiger partial charge in [-0.25, -0.2) is 4.98 Å². The number of aryl methyl sites for hydroxylation is 1. The highest BCUT2D eigenvalue weighted by Crippen LogP contribution is 2.08. The lowest BCUT2D eigenvalue weighted by Gasteiger charge is -2.21. The van der Waals surface area contributed by atoms with Crippen LogP contribution in [0.4, 0.5) is 0 Å². The minimum absolute atomic E-state index is 0.0531. The molecule has 3 heterocycles. The summed E-state index contributed by atoms with van der Waals surface area (Å²) in [6, 6.07) is 13.1. The Bertz CT molecular complexity index is 893. The Hall–Kier alpha value is -2.57. The summed E-state index contributed by atoms with van der Waals surface area (Å²) in [5.41, 5.74) is 3.23. The van der Waals surface area contributed by atoms with Crippen LogP contribution in [-0.2, 0) is 17.8 Å². The lowest BCUT2D eigenvalue weighted by atomic mass is 10.3. The molecule has 0 spiro atoms. The molecule has 0 saturated heterocycles. The molecule has 3 aromatic rings. The quantitative estimate of drug-likeness (QED) is 0.660. The van der Waals surface area contributed by atoms with E-state index in [1.807, 2.05) is 43.3 Å². The van der Waals surface area contributed by atoms with Crippen molar-refractivity contribution >= 4 is 5.65 Å². The van der Waals surface area contributed by atoms with Crippen LogP contribution in [0, 0.1) is 6.92 Å². The van der Waals surface area contributed by atoms with Gasteiger partial charge in [0.25, 0.3) is 5.56 Å². The first-order valence-corrected chi connectivity index (χ1v) is 8.27. The van der Waals surface area contributed by atoms with Crippen molar-refractivity contribution < 1.29 is 4.74 Å². The summed E-state index contributed by atoms with van der Waals surface area (Å²) >= 11 is 0. The number of hydrogen-bond donors (Lipinski definition) is 0. The van der Waals surface area contributed by atoms with E-state index in [2.05, 4.69) is 14.9 Å². The number of aromatic nitrogens is 3. The highest BCUT2D eigenvalue weighted by molar-refractivity contribution is 5.40. The van der Waals surface area contributed by atoms with E-state index in [-0.39, 0.29) is 5.56 Å². The molecule has 0 atom stereocenters. The lowest BCUT2D eigenvalue weighted by Crippen LogP contribution is -2.28.